The van der Waals surface area contributed by atoms with Gasteiger partial charge in [-0.3, -0.25) is 25.7 Å². The van der Waals surface area contributed by atoms with Gasteiger partial charge in [0.15, 0.2) is 11.5 Å². The van der Waals surface area contributed by atoms with E-state index in [4.69, 9.17) is 21.8 Å². The highest BCUT2D eigenvalue weighted by molar-refractivity contribution is 8.15. The predicted octanol–water partition coefficient (Wildman–Crippen LogP) is 5.71. The second-order valence-electron chi connectivity index (χ2n) is 10.3. The minimum Gasteiger partial charge on any atom is -0.277 e. The lowest BCUT2D eigenvalue weighted by molar-refractivity contribution is -0.393. The maximum Gasteiger partial charge on any atom is 0.301 e. The van der Waals surface area contributed by atoms with Crippen LogP contribution in [-0.4, -0.2) is 31.1 Å². The molecule has 0 saturated carbocycles. The molecule has 4 aromatic carbocycles. The molecule has 8 rings (SSSR count). The molecule has 0 aromatic heterocycles. The zero-order valence-electron chi connectivity index (χ0n) is 21.9. The van der Waals surface area contributed by atoms with Crippen molar-refractivity contribution in [3.8, 4) is 11.1 Å². The quantitative estimate of drug-likeness (QED) is 0.219. The fourth-order valence-electron chi connectivity index (χ4n) is 6.21. The molecule has 2 N–H and O–H groups in total. The highest BCUT2D eigenvalue weighted by Gasteiger charge is 2.56. The molecule has 2 unspecified atom stereocenters. The van der Waals surface area contributed by atoms with Crippen LogP contribution in [-0.2, 0) is 5.66 Å². The molecule has 1 aliphatic carbocycles. The molecule has 1 saturated heterocycles. The highest BCUT2D eigenvalue weighted by Crippen LogP contribution is 2.52. The van der Waals surface area contributed by atoms with Gasteiger partial charge in [-0.2, -0.15) is 15.6 Å². The zero-order chi connectivity index (χ0) is 29.5. The van der Waals surface area contributed by atoms with E-state index in [1.807, 2.05) is 53.5 Å². The van der Waals surface area contributed by atoms with E-state index in [1.54, 1.807) is 17.1 Å². The van der Waals surface area contributed by atoms with Crippen LogP contribution in [0.2, 0.25) is 5.02 Å². The smallest absolute Gasteiger partial charge is 0.277 e. The normalized spacial score (nSPS) is 20.5. The second kappa shape index (κ2) is 9.26. The predicted molar refractivity (Wildman–Crippen MR) is 163 cm³/mol. The Bertz CT molecular complexity index is 1910. The van der Waals surface area contributed by atoms with Gasteiger partial charge in [0.2, 0.25) is 5.17 Å². The number of hydrazone groups is 2. The molecular formula is C29H19ClN8O4S. The summed E-state index contributed by atoms with van der Waals surface area (Å²) in [6, 6.07) is 26.4. The number of rotatable bonds is 4. The van der Waals surface area contributed by atoms with E-state index < -0.39 is 27.2 Å². The Morgan fingerprint density at radius 1 is 0.884 bits per heavy atom. The first-order chi connectivity index (χ1) is 20.9. The Hall–Kier alpha value is -4.98. The Kier molecular flexibility index (Phi) is 5.54. The number of thioether (sulfide) groups is 1. The Morgan fingerprint density at radius 3 is 2.23 bits per heavy atom. The number of benzene rings is 4. The Labute approximate surface area is 252 Å². The number of amidine groups is 2. The number of nitro benzene ring substituents is 2. The number of hydrogen-bond acceptors (Lipinski definition) is 11. The number of nitrogens with zero attached hydrogens (tertiary/aromatic N) is 6. The van der Waals surface area contributed by atoms with E-state index in [2.05, 4.69) is 23.0 Å². The van der Waals surface area contributed by atoms with Gasteiger partial charge < -0.3 is 0 Å². The van der Waals surface area contributed by atoms with Gasteiger partial charge in [0.05, 0.1) is 22.0 Å². The molecule has 212 valence electrons. The molecule has 2 atom stereocenters. The summed E-state index contributed by atoms with van der Waals surface area (Å²) in [4.78, 5) is 22.3. The van der Waals surface area contributed by atoms with Crippen molar-refractivity contribution < 1.29 is 9.85 Å². The van der Waals surface area contributed by atoms with E-state index in [9.17, 15) is 20.2 Å². The lowest BCUT2D eigenvalue weighted by Crippen LogP contribution is -2.63. The van der Waals surface area contributed by atoms with Crippen molar-refractivity contribution in [1.29, 1.82) is 0 Å². The average Bonchev–Trinajstić information content (AvgIpc) is 3.65. The molecule has 14 heteroatoms. The first-order valence-electron chi connectivity index (χ1n) is 13.2. The van der Waals surface area contributed by atoms with Crippen LogP contribution in [0.15, 0.2) is 101 Å². The number of halogens is 1. The summed E-state index contributed by atoms with van der Waals surface area (Å²) in [6.45, 7) is 0. The SMILES string of the molecule is O=[N+]([O-])c1ccc(N2N=C3C(SC4=NNC5(NN43)c3ccccc3-c3ccccc35)C2c2ccccc2Cl)c([N+](=O)[O-])c1. The molecule has 0 radical (unpaired) electrons. The summed E-state index contributed by atoms with van der Waals surface area (Å²) < 4.78 is 0. The van der Waals surface area contributed by atoms with Crippen LogP contribution in [0, 0.1) is 20.2 Å². The lowest BCUT2D eigenvalue weighted by atomic mass is 9.98. The maximum atomic E-state index is 12.2. The second-order valence-corrected chi connectivity index (χ2v) is 11.8. The molecular weight excluding hydrogens is 592 g/mol. The van der Waals surface area contributed by atoms with Gasteiger partial charge >= 0.3 is 5.69 Å². The fourth-order valence-corrected chi connectivity index (χ4v) is 7.68. The van der Waals surface area contributed by atoms with Crippen LogP contribution < -0.4 is 15.9 Å². The van der Waals surface area contributed by atoms with Gasteiger partial charge in [-0.1, -0.05) is 90.1 Å². The van der Waals surface area contributed by atoms with Crippen molar-refractivity contribution in [2.75, 3.05) is 5.01 Å². The third-order valence-corrected chi connectivity index (χ3v) is 9.61. The Balaban J connectivity index is 1.28. The number of fused-ring (bicyclic) bond motifs is 8. The molecule has 1 fully saturated rings. The van der Waals surface area contributed by atoms with Gasteiger partial charge in [0.25, 0.3) is 5.69 Å². The van der Waals surface area contributed by atoms with E-state index >= 15 is 0 Å². The third-order valence-electron chi connectivity index (χ3n) is 8.06. The first-order valence-corrected chi connectivity index (χ1v) is 14.5. The van der Waals surface area contributed by atoms with E-state index in [0.717, 1.165) is 28.3 Å². The van der Waals surface area contributed by atoms with Crippen LogP contribution in [0.1, 0.15) is 22.7 Å². The van der Waals surface area contributed by atoms with Crippen LogP contribution in [0.5, 0.6) is 0 Å². The lowest BCUT2D eigenvalue weighted by Gasteiger charge is -2.40. The minimum absolute atomic E-state index is 0.114. The van der Waals surface area contributed by atoms with Crippen molar-refractivity contribution >= 4 is 51.4 Å². The van der Waals surface area contributed by atoms with Crippen LogP contribution in [0.4, 0.5) is 17.1 Å². The fraction of sp³-hybridized carbons (Fsp3) is 0.103. The largest absolute Gasteiger partial charge is 0.301 e. The number of nitrogens with one attached hydrogen (secondary N) is 2. The first kappa shape index (κ1) is 25.7. The maximum absolute atomic E-state index is 12.2. The molecule has 4 aliphatic rings. The van der Waals surface area contributed by atoms with Crippen LogP contribution in [0.25, 0.3) is 11.1 Å². The Morgan fingerprint density at radius 2 is 1.56 bits per heavy atom. The standard InChI is InChI=1S/C29H19ClN8O4S/c30-22-12-6-3-9-19(22)25-26-27(32-35(25)23-14-13-16(37(39)40)15-24(23)38(41)42)36-28(43-26)31-33-29(34-36)20-10-4-1-7-17(20)18-8-2-5-11-21(18)29/h1-15,25-26,33-34H. The van der Waals surface area contributed by atoms with E-state index in [-0.39, 0.29) is 16.6 Å². The van der Waals surface area contributed by atoms with Gasteiger partial charge in [-0.15, -0.1) is 0 Å². The zero-order valence-corrected chi connectivity index (χ0v) is 23.5. The summed E-state index contributed by atoms with van der Waals surface area (Å²) in [7, 11) is 0. The third kappa shape index (κ3) is 3.62. The highest BCUT2D eigenvalue weighted by atomic mass is 35.5. The molecule has 43 heavy (non-hydrogen) atoms. The minimum atomic E-state index is -0.888. The van der Waals surface area contributed by atoms with E-state index in [1.165, 1.54) is 23.9 Å². The molecule has 0 bridgehead atoms. The van der Waals surface area contributed by atoms with Crippen LogP contribution >= 0.6 is 23.4 Å². The summed E-state index contributed by atoms with van der Waals surface area (Å²) in [5.41, 5.74) is 10.3. The van der Waals surface area contributed by atoms with Crippen molar-refractivity contribution in [1.82, 2.24) is 15.9 Å². The van der Waals surface area contributed by atoms with Gasteiger partial charge in [0.1, 0.15) is 10.9 Å². The number of nitro groups is 2. The van der Waals surface area contributed by atoms with Crippen LogP contribution in [0.3, 0.4) is 0 Å². The average molecular weight is 611 g/mol. The van der Waals surface area contributed by atoms with Gasteiger partial charge in [0, 0.05) is 22.2 Å². The number of hydrazine groups is 1. The summed E-state index contributed by atoms with van der Waals surface area (Å²) >= 11 is 8.14. The number of anilines is 1. The number of hydrogen-bond donors (Lipinski definition) is 2. The molecule has 0 amide bonds. The summed E-state index contributed by atoms with van der Waals surface area (Å²) in [5.74, 6) is 0.573. The number of non-ortho nitro benzene ring substituents is 1. The molecule has 12 nitrogen and oxygen atoms in total. The van der Waals surface area contributed by atoms with E-state index in [0.29, 0.717) is 21.6 Å². The van der Waals surface area contributed by atoms with Gasteiger partial charge in [-0.25, -0.2) is 10.0 Å². The summed E-state index contributed by atoms with van der Waals surface area (Å²) in [6.07, 6.45) is 0. The van der Waals surface area contributed by atoms with Crippen molar-refractivity contribution in [2.45, 2.75) is 17.0 Å². The molecule has 4 aromatic rings. The summed E-state index contributed by atoms with van der Waals surface area (Å²) in [5, 5.41) is 37.4. The molecule has 3 aliphatic heterocycles. The topological polar surface area (TPSA) is 142 Å². The van der Waals surface area contributed by atoms with Gasteiger partial charge in [-0.05, 0) is 28.8 Å². The van der Waals surface area contributed by atoms with Crippen molar-refractivity contribution in [2.24, 2.45) is 10.2 Å². The molecule has 1 spiro atoms. The van der Waals surface area contributed by atoms with Crippen molar-refractivity contribution in [3.63, 3.8) is 0 Å². The molecule has 3 heterocycles. The monoisotopic (exact) mass is 610 g/mol. The van der Waals surface area contributed by atoms with Crippen molar-refractivity contribution in [3.05, 3.63) is 133 Å².